The van der Waals surface area contributed by atoms with Crippen molar-refractivity contribution in [1.82, 2.24) is 20.1 Å². The highest BCUT2D eigenvalue weighted by molar-refractivity contribution is 6.10. The van der Waals surface area contributed by atoms with Crippen molar-refractivity contribution in [2.75, 3.05) is 26.2 Å². The molecule has 36 heavy (non-hydrogen) atoms. The lowest BCUT2D eigenvalue weighted by Gasteiger charge is -2.32. The fraction of sp³-hybridized carbons (Fsp3) is 0.533. The van der Waals surface area contributed by atoms with Gasteiger partial charge in [0.2, 0.25) is 5.91 Å². The number of nitrogens with one attached hydrogen (secondary N) is 2. The van der Waals surface area contributed by atoms with Crippen molar-refractivity contribution in [2.45, 2.75) is 71.9 Å². The number of likely N-dealkylation sites (tertiary alicyclic amines) is 1. The van der Waals surface area contributed by atoms with Crippen LogP contribution in [0.2, 0.25) is 0 Å². The third kappa shape index (κ3) is 6.47. The Hall–Kier alpha value is -2.86. The molecule has 0 atom stereocenters. The van der Waals surface area contributed by atoms with Crippen molar-refractivity contribution < 1.29 is 9.59 Å². The van der Waals surface area contributed by atoms with E-state index in [-0.39, 0.29) is 17.4 Å². The lowest BCUT2D eigenvalue weighted by atomic mass is 9.96. The molecule has 6 nitrogen and oxygen atoms in total. The molecule has 2 N–H and O–H groups in total. The fourth-order valence-electron chi connectivity index (χ4n) is 5.30. The number of aromatic nitrogens is 1. The van der Waals surface area contributed by atoms with Crippen LogP contribution in [-0.4, -0.2) is 53.0 Å². The van der Waals surface area contributed by atoms with Gasteiger partial charge in [0.05, 0.1) is 6.54 Å². The minimum absolute atomic E-state index is 0.00769. The zero-order chi connectivity index (χ0) is 25.7. The number of benzene rings is 2. The van der Waals surface area contributed by atoms with Crippen LogP contribution in [0.4, 0.5) is 0 Å². The predicted molar refractivity (Wildman–Crippen MR) is 148 cm³/mol. The van der Waals surface area contributed by atoms with E-state index < -0.39 is 0 Å². The molecule has 2 amide bonds. The number of piperidine rings is 1. The number of carbonyl (C=O) groups excluding carboxylic acids is 2. The Balaban J connectivity index is 1.35. The Labute approximate surface area is 215 Å². The smallest absolute Gasteiger partial charge is 0.251 e. The summed E-state index contributed by atoms with van der Waals surface area (Å²) in [6, 6.07) is 14.6. The van der Waals surface area contributed by atoms with Crippen molar-refractivity contribution in [2.24, 2.45) is 5.92 Å². The van der Waals surface area contributed by atoms with Crippen molar-refractivity contribution >= 4 is 33.6 Å². The van der Waals surface area contributed by atoms with Gasteiger partial charge >= 0.3 is 0 Å². The summed E-state index contributed by atoms with van der Waals surface area (Å²) in [6.45, 7) is 12.1. The fourth-order valence-corrected chi connectivity index (χ4v) is 5.30. The number of fused-ring (bicyclic) bond motifs is 3. The van der Waals surface area contributed by atoms with Crippen molar-refractivity contribution in [3.63, 3.8) is 0 Å². The molecule has 1 fully saturated rings. The van der Waals surface area contributed by atoms with Crippen LogP contribution in [0.25, 0.3) is 21.8 Å². The summed E-state index contributed by atoms with van der Waals surface area (Å²) in [5.41, 5.74) is 2.96. The highest BCUT2D eigenvalue weighted by Gasteiger charge is 2.23. The maximum absolute atomic E-state index is 13.0. The number of rotatable bonds is 9. The molecule has 1 aliphatic rings. The second-order valence-corrected chi connectivity index (χ2v) is 11.3. The molecule has 3 aromatic rings. The maximum atomic E-state index is 13.0. The molecule has 1 aromatic heterocycles. The van der Waals surface area contributed by atoms with E-state index >= 15 is 0 Å². The molecule has 194 valence electrons. The monoisotopic (exact) mass is 490 g/mol. The summed E-state index contributed by atoms with van der Waals surface area (Å²) in [6.07, 6.45) is 5.57. The molecular formula is C30H42N4O2. The zero-order valence-electron chi connectivity index (χ0n) is 22.4. The number of hydrogen-bond donors (Lipinski definition) is 2. The molecule has 0 bridgehead atoms. The Morgan fingerprint density at radius 2 is 1.69 bits per heavy atom. The first-order valence-electron chi connectivity index (χ1n) is 13.6. The van der Waals surface area contributed by atoms with Crippen LogP contribution in [0, 0.1) is 5.92 Å². The summed E-state index contributed by atoms with van der Waals surface area (Å²) >= 11 is 0. The van der Waals surface area contributed by atoms with Gasteiger partial charge in [-0.3, -0.25) is 14.5 Å². The molecule has 0 radical (unpaired) electrons. The van der Waals surface area contributed by atoms with Gasteiger partial charge in [-0.25, -0.2) is 0 Å². The van der Waals surface area contributed by atoms with Crippen LogP contribution in [0.1, 0.15) is 70.2 Å². The third-order valence-corrected chi connectivity index (χ3v) is 7.16. The van der Waals surface area contributed by atoms with Crippen molar-refractivity contribution in [3.8, 4) is 0 Å². The number of nitrogens with zero attached hydrogens (tertiary/aromatic N) is 2. The molecule has 0 aliphatic carbocycles. The predicted octanol–water partition coefficient (Wildman–Crippen LogP) is 5.34. The first kappa shape index (κ1) is 26.2. The molecule has 4 rings (SSSR count). The van der Waals surface area contributed by atoms with Gasteiger partial charge in [0.25, 0.3) is 5.91 Å². The lowest BCUT2D eigenvalue weighted by Crippen LogP contribution is -2.48. The topological polar surface area (TPSA) is 66.4 Å². The first-order chi connectivity index (χ1) is 17.2. The largest absolute Gasteiger partial charge is 0.352 e. The van der Waals surface area contributed by atoms with Gasteiger partial charge in [-0.1, -0.05) is 38.0 Å². The minimum Gasteiger partial charge on any atom is -0.352 e. The molecule has 1 saturated heterocycles. The number of aryl methyl sites for hydroxylation is 1. The lowest BCUT2D eigenvalue weighted by molar-refractivity contribution is -0.124. The Kier molecular flexibility index (Phi) is 8.35. The summed E-state index contributed by atoms with van der Waals surface area (Å²) < 4.78 is 2.40. The van der Waals surface area contributed by atoms with Crippen LogP contribution in [0.15, 0.2) is 42.5 Å². The molecule has 2 heterocycles. The molecule has 0 saturated carbocycles. The third-order valence-electron chi connectivity index (χ3n) is 7.16. The van der Waals surface area contributed by atoms with Gasteiger partial charge < -0.3 is 15.2 Å². The van der Waals surface area contributed by atoms with Gasteiger partial charge in [-0.2, -0.15) is 0 Å². The van der Waals surface area contributed by atoms with E-state index in [9.17, 15) is 9.59 Å². The van der Waals surface area contributed by atoms with Crippen molar-refractivity contribution in [1.29, 1.82) is 0 Å². The van der Waals surface area contributed by atoms with E-state index in [0.717, 1.165) is 49.8 Å². The number of amides is 2. The normalized spacial score (nSPS) is 15.4. The Morgan fingerprint density at radius 1 is 0.972 bits per heavy atom. The number of carbonyl (C=O) groups is 2. The van der Waals surface area contributed by atoms with Crippen LogP contribution >= 0.6 is 0 Å². The number of hydrogen-bond acceptors (Lipinski definition) is 3. The molecule has 6 heteroatoms. The average molecular weight is 491 g/mol. The number of unbranched alkanes of at least 4 members (excludes halogenated alkanes) is 2. The van der Waals surface area contributed by atoms with Gasteiger partial charge in [-0.05, 0) is 83.3 Å². The molecular weight excluding hydrogens is 448 g/mol. The quantitative estimate of drug-likeness (QED) is 0.398. The van der Waals surface area contributed by atoms with E-state index in [4.69, 9.17) is 0 Å². The van der Waals surface area contributed by atoms with Crippen LogP contribution in [-0.2, 0) is 11.3 Å². The van der Waals surface area contributed by atoms with Crippen molar-refractivity contribution in [3.05, 3.63) is 48.0 Å². The molecule has 0 spiro atoms. The van der Waals surface area contributed by atoms with E-state index in [2.05, 4.69) is 63.4 Å². The SMILES string of the molecule is CCCCCn1c2ccccc2c2cc(C(=O)NCC3CCN(CC(=O)NC(C)(C)C)CC3)ccc21. The van der Waals surface area contributed by atoms with Gasteiger partial charge in [0, 0.05) is 46.0 Å². The second-order valence-electron chi connectivity index (χ2n) is 11.3. The Morgan fingerprint density at radius 3 is 2.42 bits per heavy atom. The first-order valence-corrected chi connectivity index (χ1v) is 13.6. The van der Waals surface area contributed by atoms with Crippen LogP contribution < -0.4 is 10.6 Å². The van der Waals surface area contributed by atoms with E-state index in [1.165, 1.54) is 29.3 Å². The summed E-state index contributed by atoms with van der Waals surface area (Å²) in [4.78, 5) is 27.5. The standard InChI is InChI=1S/C30H42N4O2/c1-5-6-9-16-34-26-11-8-7-10-24(26)25-19-23(12-13-27(25)34)29(36)31-20-22-14-17-33(18-15-22)21-28(35)32-30(2,3)4/h7-8,10-13,19,22H,5-6,9,14-18,20-21H2,1-4H3,(H,31,36)(H,32,35). The van der Waals surface area contributed by atoms with E-state index in [1.807, 2.05) is 26.8 Å². The summed E-state index contributed by atoms with van der Waals surface area (Å²) in [5, 5.41) is 8.57. The second kappa shape index (κ2) is 11.5. The molecule has 2 aromatic carbocycles. The van der Waals surface area contributed by atoms with E-state index in [1.54, 1.807) is 0 Å². The van der Waals surface area contributed by atoms with E-state index in [0.29, 0.717) is 19.0 Å². The van der Waals surface area contributed by atoms with Crippen LogP contribution in [0.3, 0.4) is 0 Å². The maximum Gasteiger partial charge on any atom is 0.251 e. The highest BCUT2D eigenvalue weighted by Crippen LogP contribution is 2.30. The molecule has 1 aliphatic heterocycles. The van der Waals surface area contributed by atoms with Gasteiger partial charge in [0.1, 0.15) is 0 Å². The van der Waals surface area contributed by atoms with Gasteiger partial charge in [-0.15, -0.1) is 0 Å². The molecule has 0 unspecified atom stereocenters. The average Bonchev–Trinajstić information content (AvgIpc) is 3.15. The minimum atomic E-state index is -0.202. The van der Waals surface area contributed by atoms with Crippen LogP contribution in [0.5, 0.6) is 0 Å². The summed E-state index contributed by atoms with van der Waals surface area (Å²) in [5.74, 6) is 0.517. The van der Waals surface area contributed by atoms with Gasteiger partial charge in [0.15, 0.2) is 0 Å². The Bertz CT molecular complexity index is 1200. The highest BCUT2D eigenvalue weighted by atomic mass is 16.2. The zero-order valence-corrected chi connectivity index (χ0v) is 22.4. The summed E-state index contributed by atoms with van der Waals surface area (Å²) in [7, 11) is 0. The number of para-hydroxylation sites is 1.